The first kappa shape index (κ1) is 53.4. The molecule has 3 aliphatic rings. The highest BCUT2D eigenvalue weighted by Gasteiger charge is 2.44. The maximum absolute atomic E-state index is 14.4. The number of aromatic amines is 1. The summed E-state index contributed by atoms with van der Waals surface area (Å²) in [4.78, 5) is 143. The van der Waals surface area contributed by atoms with E-state index in [4.69, 9.17) is 10.8 Å². The number of H-pyrrole nitrogens is 1. The van der Waals surface area contributed by atoms with Crippen LogP contribution in [0.2, 0.25) is 0 Å². The van der Waals surface area contributed by atoms with Crippen LogP contribution in [0.1, 0.15) is 91.7 Å². The van der Waals surface area contributed by atoms with Crippen molar-refractivity contribution >= 4 is 59.2 Å². The molecule has 12 N–H and O–H groups in total. The standard InChI is InChI=1S/C42H65N11O14/c1-20(2)15-26(48-38(62)33(23(5)55)49-34(58)25(43)17-31(56)57)40(64)51-12-6-9-28(51)35(59)47-27(16-24-18-44-19-45-24)41(65)52-13-7-10-29(52)36(60)50-32(22(4)54)37(61)46-21(3)39(63)53-14-8-11-30(53)42(66)67/h18-23,25-30,32-33,54-55H,6-17,43H2,1-5H3,(H,44,45)(H,46,61)(H,47,59)(H,48,62)(H,49,58)(H,50,60)(H,56,57)(H,66,67)/t21-,22+,23+,25-,26-,27-,28-,29-,30-,32-,33-/m0/s1. The van der Waals surface area contributed by atoms with Gasteiger partial charge in [0.15, 0.2) is 0 Å². The molecular weight excluding hydrogens is 883 g/mol. The fourth-order valence-electron chi connectivity index (χ4n) is 8.54. The Kier molecular flexibility index (Phi) is 19.1. The number of hydrogen-bond donors (Lipinski definition) is 11. The highest BCUT2D eigenvalue weighted by molar-refractivity contribution is 5.99. The number of carbonyl (C=O) groups excluding carboxylic acids is 8. The number of carbonyl (C=O) groups is 10. The quantitative estimate of drug-likeness (QED) is 0.0529. The van der Waals surface area contributed by atoms with E-state index in [2.05, 4.69) is 36.6 Å². The summed E-state index contributed by atoms with van der Waals surface area (Å²) in [5.41, 5.74) is 6.02. The topological polar surface area (TPSA) is 376 Å². The Morgan fingerprint density at radius 2 is 1.16 bits per heavy atom. The van der Waals surface area contributed by atoms with Crippen molar-refractivity contribution in [1.29, 1.82) is 0 Å². The van der Waals surface area contributed by atoms with E-state index in [0.29, 0.717) is 25.0 Å². The average Bonchev–Trinajstić information content (AvgIpc) is 4.10. The lowest BCUT2D eigenvalue weighted by molar-refractivity contribution is -0.149. The Morgan fingerprint density at radius 3 is 1.66 bits per heavy atom. The minimum Gasteiger partial charge on any atom is -0.481 e. The van der Waals surface area contributed by atoms with Crippen LogP contribution in [0.25, 0.3) is 0 Å². The number of imidazole rings is 1. The van der Waals surface area contributed by atoms with Crippen molar-refractivity contribution in [2.75, 3.05) is 19.6 Å². The summed E-state index contributed by atoms with van der Waals surface area (Å²) in [6.45, 7) is 7.74. The number of rotatable bonds is 22. The summed E-state index contributed by atoms with van der Waals surface area (Å²) < 4.78 is 0. The molecular formula is C42H65N11O14. The third-order valence-electron chi connectivity index (χ3n) is 12.0. The molecule has 3 aliphatic heterocycles. The van der Waals surface area contributed by atoms with Gasteiger partial charge in [-0.25, -0.2) is 9.78 Å². The van der Waals surface area contributed by atoms with Crippen molar-refractivity contribution in [2.24, 2.45) is 11.7 Å². The fraction of sp³-hybridized carbons (Fsp3) is 0.690. The zero-order chi connectivity index (χ0) is 49.9. The van der Waals surface area contributed by atoms with Crippen molar-refractivity contribution in [3.8, 4) is 0 Å². The molecule has 8 amide bonds. The predicted octanol–water partition coefficient (Wildman–Crippen LogP) is -3.94. The van der Waals surface area contributed by atoms with Gasteiger partial charge >= 0.3 is 11.9 Å². The Balaban J connectivity index is 1.48. The predicted molar refractivity (Wildman–Crippen MR) is 233 cm³/mol. The van der Waals surface area contributed by atoms with Gasteiger partial charge in [0.25, 0.3) is 0 Å². The van der Waals surface area contributed by atoms with Gasteiger partial charge in [0, 0.05) is 32.3 Å². The molecule has 4 heterocycles. The van der Waals surface area contributed by atoms with Crippen molar-refractivity contribution in [3.63, 3.8) is 0 Å². The number of aliphatic carboxylic acids is 2. The SMILES string of the molecule is CC(C)C[C@H](NC(=O)[C@@H](NC(=O)[C@@H](N)CC(=O)O)[C@@H](C)O)C(=O)N1CCC[C@H]1C(=O)N[C@@H](Cc1c[nH]cn1)C(=O)N1CCC[C@H]1C(=O)N[C@H](C(=O)N[C@@H](C)C(=O)N1CCC[C@H]1C(=O)O)[C@@H](C)O. The summed E-state index contributed by atoms with van der Waals surface area (Å²) in [6.07, 6.45) is 0.883. The van der Waals surface area contributed by atoms with Crippen LogP contribution in [0.15, 0.2) is 12.5 Å². The van der Waals surface area contributed by atoms with Gasteiger partial charge in [-0.3, -0.25) is 43.2 Å². The molecule has 0 unspecified atom stereocenters. The number of hydrogen-bond acceptors (Lipinski definition) is 14. The number of carboxylic acids is 2. The zero-order valence-corrected chi connectivity index (χ0v) is 38.3. The van der Waals surface area contributed by atoms with Crippen LogP contribution in [-0.4, -0.2) is 191 Å². The summed E-state index contributed by atoms with van der Waals surface area (Å²) in [7, 11) is 0. The number of aromatic nitrogens is 2. The number of carboxylic acid groups (broad SMARTS) is 2. The molecule has 1 aromatic rings. The molecule has 0 saturated carbocycles. The van der Waals surface area contributed by atoms with Gasteiger partial charge in [-0.2, -0.15) is 0 Å². The maximum atomic E-state index is 14.4. The maximum Gasteiger partial charge on any atom is 0.326 e. The second kappa shape index (κ2) is 24.0. The number of aliphatic hydroxyl groups excluding tert-OH is 2. The van der Waals surface area contributed by atoms with Crippen LogP contribution in [-0.2, 0) is 54.4 Å². The zero-order valence-electron chi connectivity index (χ0n) is 38.3. The second-order valence-electron chi connectivity index (χ2n) is 17.8. The number of likely N-dealkylation sites (tertiary alicyclic amines) is 3. The monoisotopic (exact) mass is 947 g/mol. The van der Waals surface area contributed by atoms with Crippen LogP contribution in [0, 0.1) is 5.92 Å². The van der Waals surface area contributed by atoms with E-state index in [0.717, 1.165) is 4.90 Å². The van der Waals surface area contributed by atoms with Gasteiger partial charge in [0.05, 0.1) is 36.7 Å². The van der Waals surface area contributed by atoms with E-state index in [9.17, 15) is 63.3 Å². The van der Waals surface area contributed by atoms with E-state index in [-0.39, 0.29) is 57.7 Å². The normalized spacial score (nSPS) is 21.8. The first-order chi connectivity index (χ1) is 31.5. The number of nitrogens with two attached hydrogens (primary N) is 1. The Bertz CT molecular complexity index is 1980. The molecule has 0 aliphatic carbocycles. The first-order valence-electron chi connectivity index (χ1n) is 22.5. The Hall–Kier alpha value is -6.21. The third-order valence-corrected chi connectivity index (χ3v) is 12.0. The van der Waals surface area contributed by atoms with Gasteiger partial charge < -0.3 is 72.4 Å². The molecule has 0 aromatic carbocycles. The van der Waals surface area contributed by atoms with E-state index in [1.165, 1.54) is 43.1 Å². The van der Waals surface area contributed by atoms with Gasteiger partial charge in [-0.1, -0.05) is 13.8 Å². The lowest BCUT2D eigenvalue weighted by Crippen LogP contribution is -2.61. The van der Waals surface area contributed by atoms with Gasteiger partial charge in [-0.15, -0.1) is 0 Å². The molecule has 3 saturated heterocycles. The van der Waals surface area contributed by atoms with Crippen LogP contribution < -0.4 is 32.3 Å². The highest BCUT2D eigenvalue weighted by Crippen LogP contribution is 2.24. The summed E-state index contributed by atoms with van der Waals surface area (Å²) in [6, 6.07) is -11.8. The molecule has 25 heteroatoms. The first-order valence-corrected chi connectivity index (χ1v) is 22.5. The van der Waals surface area contributed by atoms with E-state index >= 15 is 0 Å². The van der Waals surface area contributed by atoms with Crippen molar-refractivity contribution in [1.82, 2.24) is 51.3 Å². The van der Waals surface area contributed by atoms with Crippen molar-refractivity contribution in [3.05, 3.63) is 18.2 Å². The van der Waals surface area contributed by atoms with Crippen molar-refractivity contribution < 1.29 is 68.4 Å². The average molecular weight is 948 g/mol. The van der Waals surface area contributed by atoms with E-state index in [1.54, 1.807) is 13.8 Å². The van der Waals surface area contributed by atoms with Crippen LogP contribution in [0.4, 0.5) is 0 Å². The Morgan fingerprint density at radius 1 is 0.672 bits per heavy atom. The molecule has 67 heavy (non-hydrogen) atoms. The lowest BCUT2D eigenvalue weighted by atomic mass is 10.0. The minimum atomic E-state index is -1.62. The number of nitrogens with one attached hydrogen (secondary N) is 6. The minimum absolute atomic E-state index is 0.0749. The van der Waals surface area contributed by atoms with Crippen LogP contribution in [0.5, 0.6) is 0 Å². The number of nitrogens with zero attached hydrogens (tertiary/aromatic N) is 4. The van der Waals surface area contributed by atoms with E-state index < -0.39 is 132 Å². The molecule has 11 atom stereocenters. The second-order valence-corrected chi connectivity index (χ2v) is 17.8. The largest absolute Gasteiger partial charge is 0.481 e. The smallest absolute Gasteiger partial charge is 0.326 e. The molecule has 3 fully saturated rings. The molecule has 1 aromatic heterocycles. The van der Waals surface area contributed by atoms with Gasteiger partial charge in [0.1, 0.15) is 48.3 Å². The molecule has 25 nitrogen and oxygen atoms in total. The number of amides is 8. The fourth-order valence-corrected chi connectivity index (χ4v) is 8.54. The van der Waals surface area contributed by atoms with Crippen LogP contribution in [0.3, 0.4) is 0 Å². The van der Waals surface area contributed by atoms with Gasteiger partial charge in [0.2, 0.25) is 47.3 Å². The molecule has 0 radical (unpaired) electrons. The highest BCUT2D eigenvalue weighted by atomic mass is 16.4. The van der Waals surface area contributed by atoms with Crippen molar-refractivity contribution in [2.45, 2.75) is 159 Å². The third kappa shape index (κ3) is 14.2. The van der Waals surface area contributed by atoms with E-state index in [1.807, 2.05) is 0 Å². The molecule has 372 valence electrons. The lowest BCUT2D eigenvalue weighted by Gasteiger charge is -2.33. The summed E-state index contributed by atoms with van der Waals surface area (Å²) in [5.74, 6) is -9.12. The Labute approximate surface area is 386 Å². The summed E-state index contributed by atoms with van der Waals surface area (Å²) in [5, 5.41) is 52.0. The summed E-state index contributed by atoms with van der Waals surface area (Å²) >= 11 is 0. The molecule has 4 rings (SSSR count). The van der Waals surface area contributed by atoms with Gasteiger partial charge in [-0.05, 0) is 71.6 Å². The molecule has 0 bridgehead atoms. The number of aliphatic hydroxyl groups is 2. The van der Waals surface area contributed by atoms with Crippen LogP contribution >= 0.6 is 0 Å². The molecule has 0 spiro atoms.